The van der Waals surface area contributed by atoms with Gasteiger partial charge in [-0.25, -0.2) is 4.99 Å². The first kappa shape index (κ1) is 11.5. The highest BCUT2D eigenvalue weighted by molar-refractivity contribution is 8.16. The molecule has 0 N–H and O–H groups in total. The monoisotopic (exact) mass is 258 g/mol. The van der Waals surface area contributed by atoms with E-state index in [2.05, 4.69) is 22.1 Å². The molecule has 0 radical (unpaired) electrons. The summed E-state index contributed by atoms with van der Waals surface area (Å²) in [5.41, 5.74) is 3.33. The molecule has 92 valence electrons. The summed E-state index contributed by atoms with van der Waals surface area (Å²) < 4.78 is 5.45. The van der Waals surface area contributed by atoms with Gasteiger partial charge in [0.2, 0.25) is 0 Å². The van der Waals surface area contributed by atoms with Crippen LogP contribution in [-0.2, 0) is 0 Å². The molecule has 1 aromatic rings. The number of aliphatic imine (C=N–C) groups is 2. The van der Waals surface area contributed by atoms with Crippen molar-refractivity contribution in [1.29, 1.82) is 0 Å². The quantitative estimate of drug-likeness (QED) is 0.835. The Morgan fingerprint density at radius 3 is 2.89 bits per heavy atom. The van der Waals surface area contributed by atoms with Crippen LogP contribution in [0.5, 0.6) is 5.75 Å². The van der Waals surface area contributed by atoms with Gasteiger partial charge in [0.05, 0.1) is 12.3 Å². The van der Waals surface area contributed by atoms with Crippen molar-refractivity contribution in [3.8, 4) is 5.75 Å². The largest absolute Gasteiger partial charge is 0.494 e. The summed E-state index contributed by atoms with van der Waals surface area (Å²) >= 11 is 1.79. The van der Waals surface area contributed by atoms with Crippen molar-refractivity contribution in [3.63, 3.8) is 0 Å². The molecular formula is C14H14N2OS. The van der Waals surface area contributed by atoms with Crippen LogP contribution in [0.4, 0.5) is 0 Å². The summed E-state index contributed by atoms with van der Waals surface area (Å²) in [6, 6.07) is 8.12. The Labute approximate surface area is 111 Å². The molecule has 0 amide bonds. The van der Waals surface area contributed by atoms with Crippen LogP contribution in [0.25, 0.3) is 5.57 Å². The summed E-state index contributed by atoms with van der Waals surface area (Å²) in [5, 5.41) is 1.06. The molecule has 0 saturated carbocycles. The zero-order valence-corrected chi connectivity index (χ0v) is 11.0. The Morgan fingerprint density at radius 1 is 1.28 bits per heavy atom. The molecule has 18 heavy (non-hydrogen) atoms. The fourth-order valence-electron chi connectivity index (χ4n) is 2.03. The maximum Gasteiger partial charge on any atom is 0.122 e. The average molecular weight is 258 g/mol. The van der Waals surface area contributed by atoms with E-state index in [9.17, 15) is 0 Å². The first-order chi connectivity index (χ1) is 8.88. The van der Waals surface area contributed by atoms with E-state index in [1.54, 1.807) is 11.8 Å². The van der Waals surface area contributed by atoms with Gasteiger partial charge < -0.3 is 4.74 Å². The van der Waals surface area contributed by atoms with Crippen molar-refractivity contribution < 1.29 is 4.74 Å². The lowest BCUT2D eigenvalue weighted by molar-refractivity contribution is 0.340. The van der Waals surface area contributed by atoms with Crippen LogP contribution < -0.4 is 4.74 Å². The van der Waals surface area contributed by atoms with Crippen molar-refractivity contribution in [1.82, 2.24) is 0 Å². The fraction of sp³-hybridized carbons (Fsp3) is 0.286. The zero-order valence-electron chi connectivity index (χ0n) is 10.2. The smallest absolute Gasteiger partial charge is 0.122 e. The van der Waals surface area contributed by atoms with E-state index in [4.69, 9.17) is 4.74 Å². The number of thioether (sulfide) groups is 1. The second-order valence-electron chi connectivity index (χ2n) is 4.01. The van der Waals surface area contributed by atoms with E-state index in [0.717, 1.165) is 39.9 Å². The van der Waals surface area contributed by atoms with Crippen LogP contribution in [-0.4, -0.2) is 29.7 Å². The average Bonchev–Trinajstić information content (AvgIpc) is 2.84. The number of rotatable bonds is 3. The molecule has 2 aliphatic heterocycles. The van der Waals surface area contributed by atoms with Crippen LogP contribution in [0.3, 0.4) is 0 Å². The molecule has 0 fully saturated rings. The number of hydrogen-bond donors (Lipinski definition) is 0. The van der Waals surface area contributed by atoms with Crippen LogP contribution in [0.15, 0.2) is 40.5 Å². The molecule has 4 heteroatoms. The van der Waals surface area contributed by atoms with E-state index in [0.29, 0.717) is 6.61 Å². The van der Waals surface area contributed by atoms with E-state index >= 15 is 0 Å². The number of allylic oxidation sites excluding steroid dienone is 1. The predicted molar refractivity (Wildman–Crippen MR) is 77.8 cm³/mol. The molecule has 2 heterocycles. The van der Waals surface area contributed by atoms with Crippen molar-refractivity contribution >= 4 is 28.1 Å². The Bertz CT molecular complexity index is 543. The third-order valence-corrected chi connectivity index (χ3v) is 3.80. The Balaban J connectivity index is 1.86. The van der Waals surface area contributed by atoms with E-state index in [-0.39, 0.29) is 0 Å². The first-order valence-corrected chi connectivity index (χ1v) is 7.06. The van der Waals surface area contributed by atoms with Gasteiger partial charge in [-0.15, -0.1) is 11.8 Å². The number of fused-ring (bicyclic) bond motifs is 1. The minimum absolute atomic E-state index is 0.693. The van der Waals surface area contributed by atoms with Gasteiger partial charge >= 0.3 is 0 Å². The first-order valence-electron chi connectivity index (χ1n) is 6.07. The molecule has 0 aromatic heterocycles. The third-order valence-electron chi connectivity index (χ3n) is 2.84. The van der Waals surface area contributed by atoms with Gasteiger partial charge in [0, 0.05) is 24.1 Å². The zero-order chi connectivity index (χ0) is 12.4. The van der Waals surface area contributed by atoms with Gasteiger partial charge in [-0.2, -0.15) is 0 Å². The normalized spacial score (nSPS) is 17.7. The maximum atomic E-state index is 5.45. The molecule has 3 rings (SSSR count). The van der Waals surface area contributed by atoms with Crippen LogP contribution in [0.2, 0.25) is 0 Å². The van der Waals surface area contributed by atoms with Gasteiger partial charge in [0.25, 0.3) is 0 Å². The van der Waals surface area contributed by atoms with Gasteiger partial charge in [0.1, 0.15) is 10.8 Å². The molecule has 0 saturated heterocycles. The Kier molecular flexibility index (Phi) is 3.19. The van der Waals surface area contributed by atoms with Gasteiger partial charge in [-0.1, -0.05) is 12.1 Å². The molecule has 0 unspecified atom stereocenters. The highest BCUT2D eigenvalue weighted by atomic mass is 32.2. The summed E-state index contributed by atoms with van der Waals surface area (Å²) in [4.78, 5) is 9.00. The molecule has 2 aliphatic rings. The summed E-state index contributed by atoms with van der Waals surface area (Å²) in [6.45, 7) is 3.56. The number of nitrogens with zero attached hydrogens (tertiary/aromatic N) is 2. The maximum absolute atomic E-state index is 5.45. The minimum atomic E-state index is 0.693. The number of benzene rings is 1. The Hall–Kier alpha value is -1.55. The lowest BCUT2D eigenvalue weighted by Gasteiger charge is -2.12. The van der Waals surface area contributed by atoms with E-state index < -0.39 is 0 Å². The van der Waals surface area contributed by atoms with Crippen LogP contribution in [0, 0.1) is 0 Å². The molecule has 0 atom stereocenters. The number of hydrogen-bond acceptors (Lipinski definition) is 4. The highest BCUT2D eigenvalue weighted by Gasteiger charge is 2.23. The highest BCUT2D eigenvalue weighted by Crippen LogP contribution is 2.29. The van der Waals surface area contributed by atoms with Gasteiger partial charge in [0.15, 0.2) is 0 Å². The molecule has 0 aliphatic carbocycles. The summed E-state index contributed by atoms with van der Waals surface area (Å²) in [6.07, 6.45) is 1.92. The van der Waals surface area contributed by atoms with E-state index in [1.165, 1.54) is 0 Å². The van der Waals surface area contributed by atoms with E-state index in [1.807, 2.05) is 25.3 Å². The molecular weight excluding hydrogens is 244 g/mol. The Morgan fingerprint density at radius 2 is 2.11 bits per heavy atom. The van der Waals surface area contributed by atoms with Crippen LogP contribution >= 0.6 is 11.8 Å². The van der Waals surface area contributed by atoms with Gasteiger partial charge in [-0.3, -0.25) is 4.99 Å². The SMILES string of the molecule is CCOc1ccc(C2=CN=C3SCCN=C23)cc1. The molecule has 3 nitrogen and oxygen atoms in total. The number of ether oxygens (including phenoxy) is 1. The fourth-order valence-corrected chi connectivity index (χ4v) is 2.84. The topological polar surface area (TPSA) is 34.0 Å². The predicted octanol–water partition coefficient (Wildman–Crippen LogP) is 3.03. The third kappa shape index (κ3) is 2.08. The molecule has 0 bridgehead atoms. The van der Waals surface area contributed by atoms with Gasteiger partial charge in [-0.05, 0) is 24.6 Å². The second kappa shape index (κ2) is 4.98. The lowest BCUT2D eigenvalue weighted by Crippen LogP contribution is -2.15. The second-order valence-corrected chi connectivity index (χ2v) is 5.10. The molecule has 0 spiro atoms. The van der Waals surface area contributed by atoms with Crippen molar-refractivity contribution in [2.24, 2.45) is 9.98 Å². The lowest BCUT2D eigenvalue weighted by atomic mass is 10.0. The minimum Gasteiger partial charge on any atom is -0.494 e. The van der Waals surface area contributed by atoms with Crippen molar-refractivity contribution in [2.75, 3.05) is 18.9 Å². The standard InChI is InChI=1S/C14H14N2OS/c1-2-17-11-5-3-10(4-6-11)12-9-16-14-13(12)15-7-8-18-14/h3-6,9H,2,7-8H2,1H3. The van der Waals surface area contributed by atoms with Crippen LogP contribution in [0.1, 0.15) is 12.5 Å². The van der Waals surface area contributed by atoms with Crippen molar-refractivity contribution in [2.45, 2.75) is 6.92 Å². The van der Waals surface area contributed by atoms with Crippen molar-refractivity contribution in [3.05, 3.63) is 36.0 Å². The molecule has 1 aromatic carbocycles. The summed E-state index contributed by atoms with van der Waals surface area (Å²) in [7, 11) is 0. The summed E-state index contributed by atoms with van der Waals surface area (Å²) in [5.74, 6) is 1.94.